The number of halogens is 2. The topological polar surface area (TPSA) is 318 Å². The van der Waals surface area contributed by atoms with E-state index in [1.807, 2.05) is 13.0 Å². The summed E-state index contributed by atoms with van der Waals surface area (Å²) in [6.45, 7) is 2.67. The van der Waals surface area contributed by atoms with Crippen LogP contribution in [0.2, 0.25) is 0 Å². The molecule has 0 fully saturated rings. The first-order valence-corrected chi connectivity index (χ1v) is 24.9. The van der Waals surface area contributed by atoms with Crippen LogP contribution in [0.4, 0.5) is 9.09 Å². The fourth-order valence-corrected chi connectivity index (χ4v) is 8.79. The molecule has 4 aromatic carbocycles. The second kappa shape index (κ2) is 35.8. The third-order valence-corrected chi connectivity index (χ3v) is 12.0. The van der Waals surface area contributed by atoms with Crippen LogP contribution in [0.3, 0.4) is 0 Å². The Morgan fingerprint density at radius 2 is 1.01 bits per heavy atom. The van der Waals surface area contributed by atoms with Crippen molar-refractivity contribution in [2.45, 2.75) is 65.7 Å². The molecule has 25 heteroatoms. The van der Waals surface area contributed by atoms with E-state index in [0.717, 1.165) is 35.5 Å². The number of ketones is 4. The summed E-state index contributed by atoms with van der Waals surface area (Å²) in [5.74, 6) is -2.26. The van der Waals surface area contributed by atoms with Gasteiger partial charge in [0.1, 0.15) is 55.5 Å². The summed E-state index contributed by atoms with van der Waals surface area (Å²) in [4.78, 5) is 106. The van der Waals surface area contributed by atoms with Crippen LogP contribution >= 0.6 is 0 Å². The molecule has 8 rings (SSSR count). The van der Waals surface area contributed by atoms with E-state index in [0.29, 0.717) is 46.6 Å². The third-order valence-electron chi connectivity index (χ3n) is 11.3. The number of benzene rings is 4. The Hall–Kier alpha value is -6.85. The molecule has 0 bridgehead atoms. The van der Waals surface area contributed by atoms with Gasteiger partial charge in [0.15, 0.2) is 23.5 Å². The van der Waals surface area contributed by atoms with Crippen molar-refractivity contribution in [1.29, 1.82) is 0 Å². The molecule has 81 heavy (non-hydrogen) atoms. The second-order valence-corrected chi connectivity index (χ2v) is 18.2. The van der Waals surface area contributed by atoms with Crippen molar-refractivity contribution >= 4 is 57.5 Å². The van der Waals surface area contributed by atoms with Crippen LogP contribution in [-0.2, 0) is 73.5 Å². The first kappa shape index (κ1) is 74.2. The molecule has 4 aromatic rings. The standard InChI is InChI=1S/C29H30O9S.C24H18FO6.2CO2.CH4.FH.H3N.2Na/c1-4-18-12-19-8-6-10-25(27(19)23(30)13-18)36-16-22(38-39(3,33)34)17-37-26-11-7-9-20-14-21(29(32)35-5-2)15-24(31)28(20)26;25-17(12-30-20-8-2-5-14-4-1-7-18(26)22(14)20)13-31-21-9-3-6-15-10-16(24(28)29)11-19(27)23(15)21;2*2-1-3;;;;;/h6-11,13,15,22H,4-5,12,14,16-17H2,1-3H3;2-3,5-9,11,17H,4,10,12-13H2,(H,28,29);;;1H4;1H;1H3;;/q;-1;;;;;;2*+1/p-1/i;25-1;;;;1-1;;;. The van der Waals surface area contributed by atoms with Crippen LogP contribution in [0.1, 0.15) is 91.4 Å². The number of carboxylic acids is 1. The van der Waals surface area contributed by atoms with Crippen LogP contribution in [0.25, 0.3) is 0 Å². The first-order chi connectivity index (χ1) is 36.4. The van der Waals surface area contributed by atoms with Gasteiger partial charge in [0.25, 0.3) is 10.1 Å². The Labute approximate surface area is 509 Å². The largest absolute Gasteiger partial charge is 1.00 e. The van der Waals surface area contributed by atoms with Crippen molar-refractivity contribution in [1.82, 2.24) is 6.15 Å². The molecule has 0 radical (unpaired) electrons. The van der Waals surface area contributed by atoms with Gasteiger partial charge in [-0.2, -0.15) is 33.7 Å². The van der Waals surface area contributed by atoms with E-state index in [-0.39, 0.29) is 181 Å². The van der Waals surface area contributed by atoms with Gasteiger partial charge in [-0.15, -0.1) is 0 Å². The predicted molar refractivity (Wildman–Crippen MR) is 273 cm³/mol. The molecule has 0 amide bonds. The Morgan fingerprint density at radius 3 is 1.43 bits per heavy atom. The summed E-state index contributed by atoms with van der Waals surface area (Å²) >= 11 is 0. The Balaban J connectivity index is 0.00000139. The van der Waals surface area contributed by atoms with Gasteiger partial charge in [0.05, 0.1) is 35.5 Å². The predicted octanol–water partition coefficient (Wildman–Crippen LogP) is -0.420. The summed E-state index contributed by atoms with van der Waals surface area (Å²) < 4.78 is 71.4. The summed E-state index contributed by atoms with van der Waals surface area (Å²) in [6.07, 6.45) is 9.00. The van der Waals surface area contributed by atoms with Crippen LogP contribution in [0, 0.1) is 6.08 Å². The molecular weight excluding hydrogens is 1100 g/mol. The molecule has 0 saturated carbocycles. The minimum absolute atomic E-state index is 0. The third kappa shape index (κ3) is 20.9. The van der Waals surface area contributed by atoms with Crippen molar-refractivity contribution in [3.8, 4) is 23.0 Å². The molecular formula is C56H55F2NNa2O19S. The van der Waals surface area contributed by atoms with Crippen molar-refractivity contribution < 1.29 is 158 Å². The molecule has 3 N–H and O–H groups in total. The van der Waals surface area contributed by atoms with Gasteiger partial charge in [0, 0.05) is 24.2 Å². The zero-order chi connectivity index (χ0) is 55.5. The SMILES string of the molecule is C.CCOC(=O)C1=CC(=O)c2c(cccc2OCC(COc2cccc3c2C(=O)C=C(CC)C3)OS(C)(=O)=O)C1.N.O=C([O-])C1=CC(=O)c2c(cccc2OCC([18F])COc2cccc3c2C(=O)C=[C-]C3)C1.O=C=O.O=C=O.[18FH].[Na+].[Na+]. The Morgan fingerprint density at radius 1 is 0.630 bits per heavy atom. The van der Waals surface area contributed by atoms with E-state index >= 15 is 0 Å². The summed E-state index contributed by atoms with van der Waals surface area (Å²) in [5.41, 5.74) is 5.21. The molecule has 20 nitrogen and oxygen atoms in total. The Bertz CT molecular complexity index is 3220. The van der Waals surface area contributed by atoms with E-state index in [1.54, 1.807) is 73.7 Å². The van der Waals surface area contributed by atoms with Gasteiger partial charge < -0.3 is 44.5 Å². The summed E-state index contributed by atoms with van der Waals surface area (Å²) in [5, 5.41) is 11.1. The maximum Gasteiger partial charge on any atom is 1.00 e. The van der Waals surface area contributed by atoms with Gasteiger partial charge in [-0.1, -0.05) is 80.4 Å². The molecule has 0 spiro atoms. The Kier molecular flexibility index (Phi) is 32.8. The van der Waals surface area contributed by atoms with Crippen molar-refractivity contribution in [2.24, 2.45) is 0 Å². The molecule has 420 valence electrons. The maximum atomic E-state index is 14.5. The number of rotatable bonds is 18. The normalized spacial score (nSPS) is 13.6. The smallest absolute Gasteiger partial charge is 0.545 e. The van der Waals surface area contributed by atoms with Crippen molar-refractivity contribution in [2.75, 3.05) is 39.3 Å². The maximum absolute atomic E-state index is 14.5. The molecule has 0 aliphatic heterocycles. The number of fused-ring (bicyclic) bond motifs is 4. The molecule has 0 heterocycles. The molecule has 2 unspecified atom stereocenters. The zero-order valence-corrected chi connectivity index (χ0v) is 48.9. The van der Waals surface area contributed by atoms with E-state index in [1.165, 1.54) is 18.2 Å². The van der Waals surface area contributed by atoms with E-state index in [2.05, 4.69) is 6.08 Å². The number of hydrogen-bond acceptors (Lipinski definition) is 20. The van der Waals surface area contributed by atoms with Crippen LogP contribution in [-0.4, -0.2) is 107 Å². The fraction of sp³-hybridized carbons (Fsp3) is 0.286. The molecule has 2 atom stereocenters. The number of carbonyl (C=O) groups is 6. The van der Waals surface area contributed by atoms with E-state index in [4.69, 9.17) is 47.0 Å². The van der Waals surface area contributed by atoms with Gasteiger partial charge >= 0.3 is 77.4 Å². The van der Waals surface area contributed by atoms with Crippen molar-refractivity contribution in [3.05, 3.63) is 164 Å². The van der Waals surface area contributed by atoms with Crippen molar-refractivity contribution in [3.63, 3.8) is 0 Å². The van der Waals surface area contributed by atoms with Gasteiger partial charge in [-0.3, -0.25) is 29.3 Å². The number of carboxylic acid groups (broad SMARTS) is 1. The molecule has 4 aliphatic carbocycles. The van der Waals surface area contributed by atoms with Gasteiger partial charge in [0.2, 0.25) is 0 Å². The summed E-state index contributed by atoms with van der Waals surface area (Å²) in [7, 11) is -3.89. The molecule has 0 aromatic heterocycles. The van der Waals surface area contributed by atoms with Crippen LogP contribution in [0.5, 0.6) is 23.0 Å². The van der Waals surface area contributed by atoms with Gasteiger partial charge in [-0.25, -0.2) is 9.18 Å². The average molecular weight is 1160 g/mol. The number of carbonyl (C=O) groups excluding carboxylic acids is 10. The van der Waals surface area contributed by atoms with Crippen LogP contribution in [0.15, 0.2) is 114 Å². The number of allylic oxidation sites excluding steroid dienone is 6. The van der Waals surface area contributed by atoms with E-state index in [9.17, 15) is 46.7 Å². The van der Waals surface area contributed by atoms with Crippen LogP contribution < -0.4 is 89.3 Å². The second-order valence-electron chi connectivity index (χ2n) is 16.6. The minimum Gasteiger partial charge on any atom is -0.545 e. The fourth-order valence-electron chi connectivity index (χ4n) is 8.19. The quantitative estimate of drug-likeness (QED) is 0.0572. The molecule has 4 aliphatic rings. The zero-order valence-electron chi connectivity index (χ0n) is 44.1. The summed E-state index contributed by atoms with van der Waals surface area (Å²) in [6, 6.07) is 20.2. The number of ether oxygens (including phenoxy) is 5. The van der Waals surface area contributed by atoms with E-state index < -0.39 is 45.9 Å². The number of aliphatic carboxylic acids is 1. The van der Waals surface area contributed by atoms with Gasteiger partial charge in [-0.05, 0) is 90.1 Å². The number of esters is 1. The molecule has 0 saturated heterocycles. The minimum atomic E-state index is -3.89. The monoisotopic (exact) mass is 1160 g/mol. The number of alkyl halides is 1. The average Bonchev–Trinajstić information content (AvgIpc) is 3.41. The number of hydrogen-bond donors (Lipinski definition) is 1. The first-order valence-electron chi connectivity index (χ1n) is 23.1.